The highest BCUT2D eigenvalue weighted by atomic mass is 79.9. The van der Waals surface area contributed by atoms with E-state index in [2.05, 4.69) is 58.8 Å². The molecule has 0 aliphatic heterocycles. The number of fused-ring (bicyclic) bond motifs is 2. The monoisotopic (exact) mass is 683 g/mol. The number of para-hydroxylation sites is 1. The van der Waals surface area contributed by atoms with E-state index in [0.717, 1.165) is 9.86 Å². The molecule has 0 aliphatic rings. The molecular weight excluding hydrogens is 670 g/mol. The Hall–Kier alpha value is -3.39. The van der Waals surface area contributed by atoms with E-state index in [0.29, 0.717) is 48.3 Å². The van der Waals surface area contributed by atoms with Gasteiger partial charge in [-0.3, -0.25) is 4.79 Å². The molecule has 0 fully saturated rings. The van der Waals surface area contributed by atoms with E-state index in [-0.39, 0.29) is 18.0 Å². The summed E-state index contributed by atoms with van der Waals surface area (Å²) in [6.45, 7) is 0.0738. The summed E-state index contributed by atoms with van der Waals surface area (Å²) in [4.78, 5) is 18.3. The molecule has 0 unspecified atom stereocenters. The number of hydrogen-bond acceptors (Lipinski definition) is 6. The van der Waals surface area contributed by atoms with E-state index in [1.165, 1.54) is 18.0 Å². The second-order valence-corrected chi connectivity index (χ2v) is 10.2. The molecule has 0 amide bonds. The van der Waals surface area contributed by atoms with Crippen molar-refractivity contribution in [2.24, 2.45) is 5.10 Å². The highest BCUT2D eigenvalue weighted by Crippen LogP contribution is 2.42. The van der Waals surface area contributed by atoms with Crippen LogP contribution < -0.4 is 15.0 Å². The maximum absolute atomic E-state index is 13.5. The highest BCUT2D eigenvalue weighted by molar-refractivity contribution is 9.13. The van der Waals surface area contributed by atoms with Crippen molar-refractivity contribution in [1.29, 1.82) is 0 Å². The van der Waals surface area contributed by atoms with Gasteiger partial charge in [0.2, 0.25) is 5.82 Å². The normalized spacial score (nSPS) is 11.3. The second kappa shape index (κ2) is 10.5. The lowest BCUT2D eigenvalue weighted by atomic mass is 10.2. The summed E-state index contributed by atoms with van der Waals surface area (Å²) in [5.41, 5.74) is 1.48. The van der Waals surface area contributed by atoms with Crippen molar-refractivity contribution in [3.8, 4) is 35.4 Å². The lowest BCUT2D eigenvalue weighted by molar-refractivity contribution is 0.328. The van der Waals surface area contributed by atoms with Crippen LogP contribution in [-0.2, 0) is 0 Å². The number of methoxy groups -OCH3 is 1. The molecule has 0 spiro atoms. The average molecular weight is 686 g/mol. The Labute approximate surface area is 236 Å². The maximum Gasteiger partial charge on any atom is 0.282 e. The van der Waals surface area contributed by atoms with Crippen LogP contribution in [-0.4, -0.2) is 29.6 Å². The predicted octanol–water partition coefficient (Wildman–Crippen LogP) is 7.00. The van der Waals surface area contributed by atoms with Gasteiger partial charge in [0.1, 0.15) is 12.2 Å². The Morgan fingerprint density at radius 1 is 1.14 bits per heavy atom. The van der Waals surface area contributed by atoms with Crippen LogP contribution in [0.4, 0.5) is 0 Å². The van der Waals surface area contributed by atoms with Gasteiger partial charge in [0, 0.05) is 19.9 Å². The smallest absolute Gasteiger partial charge is 0.282 e. The van der Waals surface area contributed by atoms with Gasteiger partial charge in [0.25, 0.3) is 5.56 Å². The molecule has 0 aliphatic carbocycles. The highest BCUT2D eigenvalue weighted by Gasteiger charge is 2.19. The van der Waals surface area contributed by atoms with Gasteiger partial charge in [-0.25, -0.2) is 4.98 Å². The minimum absolute atomic E-state index is 0.0738. The van der Waals surface area contributed by atoms with Crippen LogP contribution in [0.25, 0.3) is 33.5 Å². The van der Waals surface area contributed by atoms with Crippen LogP contribution in [0, 0.1) is 12.3 Å². The minimum atomic E-state index is -0.338. The third kappa shape index (κ3) is 4.82. The van der Waals surface area contributed by atoms with Crippen molar-refractivity contribution in [2.45, 2.75) is 0 Å². The van der Waals surface area contributed by atoms with Crippen LogP contribution in [0.1, 0.15) is 5.56 Å². The number of terminal acetylenes is 1. The van der Waals surface area contributed by atoms with Gasteiger partial charge in [-0.05, 0) is 74.3 Å². The van der Waals surface area contributed by atoms with Crippen molar-refractivity contribution in [1.82, 2.24) is 9.66 Å². The second-order valence-electron chi connectivity index (χ2n) is 7.72. The third-order valence-corrected chi connectivity index (χ3v) is 8.08. The zero-order valence-electron chi connectivity index (χ0n) is 19.2. The molecule has 2 heterocycles. The minimum Gasteiger partial charge on any atom is -0.493 e. The van der Waals surface area contributed by atoms with Crippen molar-refractivity contribution in [3.05, 3.63) is 83.9 Å². The number of rotatable bonds is 6. The lowest BCUT2D eigenvalue weighted by Crippen LogP contribution is -2.20. The molecule has 0 atom stereocenters. The number of ether oxygens (including phenoxy) is 2. The Balaban J connectivity index is 1.69. The van der Waals surface area contributed by atoms with Gasteiger partial charge in [-0.2, -0.15) is 9.78 Å². The fraction of sp³-hybridized carbons (Fsp3) is 0.0741. The topological polar surface area (TPSA) is 78.8 Å². The van der Waals surface area contributed by atoms with Crippen LogP contribution in [0.2, 0.25) is 0 Å². The Morgan fingerprint density at radius 2 is 1.95 bits per heavy atom. The van der Waals surface area contributed by atoms with Crippen molar-refractivity contribution < 1.29 is 13.9 Å². The molecule has 0 saturated heterocycles. The standard InChI is InChI=1S/C27H16Br3N3O4/c1-3-10-36-25-21(35-2)13-16(23(29)24(25)30)14-31-33-26(32-19-7-5-4-6-18(19)27(33)34)22-12-15-11-17(28)8-9-20(15)37-22/h1,4-9,11-14H,10H2,2H3. The molecule has 5 aromatic rings. The number of aromatic nitrogens is 2. The third-order valence-electron chi connectivity index (χ3n) is 5.44. The first-order valence-electron chi connectivity index (χ1n) is 10.8. The van der Waals surface area contributed by atoms with Gasteiger partial charge >= 0.3 is 0 Å². The summed E-state index contributed by atoms with van der Waals surface area (Å²) in [6.07, 6.45) is 6.86. The molecule has 0 radical (unpaired) electrons. The number of nitrogens with zero attached hydrogens (tertiary/aromatic N) is 3. The first-order valence-corrected chi connectivity index (χ1v) is 13.2. The molecule has 184 valence electrons. The van der Waals surface area contributed by atoms with Crippen molar-refractivity contribution >= 4 is 75.9 Å². The van der Waals surface area contributed by atoms with Gasteiger partial charge in [-0.15, -0.1) is 6.42 Å². The molecular formula is C27H16Br3N3O4. The number of furan rings is 1. The van der Waals surface area contributed by atoms with Gasteiger partial charge in [-0.1, -0.05) is 34.0 Å². The zero-order valence-corrected chi connectivity index (χ0v) is 23.9. The first-order chi connectivity index (χ1) is 17.9. The van der Waals surface area contributed by atoms with E-state index >= 15 is 0 Å². The molecule has 10 heteroatoms. The fourth-order valence-corrected chi connectivity index (χ4v) is 5.05. The summed E-state index contributed by atoms with van der Waals surface area (Å²) >= 11 is 10.6. The van der Waals surface area contributed by atoms with Crippen molar-refractivity contribution in [2.75, 3.05) is 13.7 Å². The first kappa shape index (κ1) is 25.3. The van der Waals surface area contributed by atoms with Crippen LogP contribution in [0.15, 0.2) is 82.3 Å². The van der Waals surface area contributed by atoms with E-state index in [1.807, 2.05) is 30.3 Å². The number of hydrogen-bond donors (Lipinski definition) is 0. The molecule has 3 aromatic carbocycles. The number of benzene rings is 3. The SMILES string of the molecule is C#CCOc1c(OC)cc(C=Nn2c(-c3cc4cc(Br)ccc4o3)nc3ccccc3c2=O)c(Br)c1Br. The molecule has 5 rings (SSSR count). The van der Waals surface area contributed by atoms with Crippen LogP contribution >= 0.6 is 47.8 Å². The zero-order chi connectivity index (χ0) is 26.1. The Morgan fingerprint density at radius 3 is 2.73 bits per heavy atom. The molecule has 0 N–H and O–H groups in total. The van der Waals surface area contributed by atoms with Gasteiger partial charge in [0.05, 0.1) is 28.7 Å². The Bertz CT molecular complexity index is 1800. The molecule has 7 nitrogen and oxygen atoms in total. The molecule has 2 aromatic heterocycles. The molecule has 0 bridgehead atoms. The predicted molar refractivity (Wildman–Crippen MR) is 155 cm³/mol. The van der Waals surface area contributed by atoms with E-state index in [4.69, 9.17) is 25.3 Å². The Kier molecular flexibility index (Phi) is 7.20. The molecule has 0 saturated carbocycles. The fourth-order valence-electron chi connectivity index (χ4n) is 3.73. The quantitative estimate of drug-likeness (QED) is 0.142. The summed E-state index contributed by atoms with van der Waals surface area (Å²) in [7, 11) is 1.52. The largest absolute Gasteiger partial charge is 0.493 e. The summed E-state index contributed by atoms with van der Waals surface area (Å²) in [5, 5.41) is 5.82. The summed E-state index contributed by atoms with van der Waals surface area (Å²) in [6, 6.07) is 16.3. The van der Waals surface area contributed by atoms with Crippen LogP contribution in [0.3, 0.4) is 0 Å². The van der Waals surface area contributed by atoms with Crippen molar-refractivity contribution in [3.63, 3.8) is 0 Å². The van der Waals surface area contributed by atoms with E-state index < -0.39 is 0 Å². The summed E-state index contributed by atoms with van der Waals surface area (Å²) in [5.74, 6) is 4.00. The number of halogens is 3. The maximum atomic E-state index is 13.5. The van der Waals surface area contributed by atoms with Gasteiger partial charge < -0.3 is 13.9 Å². The van der Waals surface area contributed by atoms with E-state index in [9.17, 15) is 4.79 Å². The average Bonchev–Trinajstić information content (AvgIpc) is 3.32. The molecule has 37 heavy (non-hydrogen) atoms. The van der Waals surface area contributed by atoms with E-state index in [1.54, 1.807) is 24.3 Å². The summed E-state index contributed by atoms with van der Waals surface area (Å²) < 4.78 is 20.5. The van der Waals surface area contributed by atoms with Crippen LogP contribution in [0.5, 0.6) is 11.5 Å². The van der Waals surface area contributed by atoms with Gasteiger partial charge in [0.15, 0.2) is 17.3 Å². The lowest BCUT2D eigenvalue weighted by Gasteiger charge is -2.14.